The molecule has 35 heavy (non-hydrogen) atoms. The van der Waals surface area contributed by atoms with Crippen molar-refractivity contribution in [3.8, 4) is 5.75 Å². The summed E-state index contributed by atoms with van der Waals surface area (Å²) in [5.74, 6) is 0.581. The van der Waals surface area contributed by atoms with Gasteiger partial charge in [0.1, 0.15) is 12.4 Å². The van der Waals surface area contributed by atoms with E-state index in [1.165, 1.54) is 0 Å². The van der Waals surface area contributed by atoms with Crippen LogP contribution in [0.15, 0.2) is 48.7 Å². The summed E-state index contributed by atoms with van der Waals surface area (Å²) in [5.41, 5.74) is 4.32. The van der Waals surface area contributed by atoms with Crippen LogP contribution in [0.3, 0.4) is 0 Å². The predicted octanol–water partition coefficient (Wildman–Crippen LogP) is 4.62. The van der Waals surface area contributed by atoms with Crippen LogP contribution in [-0.4, -0.2) is 49.5 Å². The summed E-state index contributed by atoms with van der Waals surface area (Å²) in [6, 6.07) is 13.3. The van der Waals surface area contributed by atoms with Gasteiger partial charge in [-0.05, 0) is 80.1 Å². The van der Waals surface area contributed by atoms with Gasteiger partial charge in [-0.1, -0.05) is 6.07 Å². The molecular formula is C28H33N3O4. The van der Waals surface area contributed by atoms with Crippen molar-refractivity contribution in [3.63, 3.8) is 0 Å². The Morgan fingerprint density at radius 1 is 1.06 bits per heavy atom. The maximum absolute atomic E-state index is 12.9. The predicted molar refractivity (Wildman–Crippen MR) is 136 cm³/mol. The first-order valence-corrected chi connectivity index (χ1v) is 12.5. The summed E-state index contributed by atoms with van der Waals surface area (Å²) in [6.45, 7) is 5.84. The summed E-state index contributed by atoms with van der Waals surface area (Å²) in [6.07, 6.45) is 6.80. The molecule has 0 saturated carbocycles. The van der Waals surface area contributed by atoms with Gasteiger partial charge in [-0.2, -0.15) is 0 Å². The molecule has 0 spiro atoms. The number of hydrogen-bond donors (Lipinski definition) is 2. The standard InChI is InChI=1S/C28H33N3O4/c1-19-26(31-28(32)21-6-9-23(10-7-21)35-18-25-5-3-13-34-25)11-8-22-14-20(16-30-27(19)22)15-29-17-24-4-2-12-33-24/h6-11,14,16,24-25,29H,2-5,12-13,15,17-18H2,1H3,(H,31,32). The van der Waals surface area contributed by atoms with Crippen molar-refractivity contribution >= 4 is 22.5 Å². The first-order valence-electron chi connectivity index (χ1n) is 12.5. The molecule has 1 aromatic heterocycles. The van der Waals surface area contributed by atoms with Crippen LogP contribution < -0.4 is 15.4 Å². The van der Waals surface area contributed by atoms with Crippen molar-refractivity contribution < 1.29 is 19.0 Å². The van der Waals surface area contributed by atoms with Crippen molar-refractivity contribution in [2.24, 2.45) is 0 Å². The molecule has 2 atom stereocenters. The Balaban J connectivity index is 1.18. The van der Waals surface area contributed by atoms with E-state index in [0.29, 0.717) is 18.3 Å². The van der Waals surface area contributed by atoms with Crippen LogP contribution in [0.25, 0.3) is 10.9 Å². The van der Waals surface area contributed by atoms with E-state index in [2.05, 4.69) is 21.7 Å². The molecular weight excluding hydrogens is 442 g/mol. The fourth-order valence-corrected chi connectivity index (χ4v) is 4.67. The molecule has 5 rings (SSSR count). The minimum Gasteiger partial charge on any atom is -0.491 e. The van der Waals surface area contributed by atoms with E-state index in [0.717, 1.165) is 85.5 Å². The minimum atomic E-state index is -0.159. The number of benzene rings is 2. The van der Waals surface area contributed by atoms with Gasteiger partial charge in [-0.25, -0.2) is 0 Å². The molecule has 2 aliphatic heterocycles. The number of fused-ring (bicyclic) bond motifs is 1. The van der Waals surface area contributed by atoms with Crippen LogP contribution in [0.5, 0.6) is 5.75 Å². The van der Waals surface area contributed by atoms with Crippen LogP contribution in [0.1, 0.15) is 47.2 Å². The van der Waals surface area contributed by atoms with Crippen molar-refractivity contribution in [2.75, 3.05) is 31.7 Å². The fourth-order valence-electron chi connectivity index (χ4n) is 4.67. The highest BCUT2D eigenvalue weighted by Gasteiger charge is 2.17. The zero-order valence-electron chi connectivity index (χ0n) is 20.2. The summed E-state index contributed by atoms with van der Waals surface area (Å²) < 4.78 is 17.0. The second-order valence-corrected chi connectivity index (χ2v) is 9.34. The van der Waals surface area contributed by atoms with Gasteiger partial charge in [0.05, 0.1) is 17.7 Å². The number of hydrogen-bond acceptors (Lipinski definition) is 6. The minimum absolute atomic E-state index is 0.159. The highest BCUT2D eigenvalue weighted by Crippen LogP contribution is 2.25. The van der Waals surface area contributed by atoms with Gasteiger partial charge in [0.15, 0.2) is 0 Å². The Morgan fingerprint density at radius 2 is 1.83 bits per heavy atom. The Kier molecular flexibility index (Phi) is 7.57. The number of nitrogens with one attached hydrogen (secondary N) is 2. The van der Waals surface area contributed by atoms with E-state index < -0.39 is 0 Å². The van der Waals surface area contributed by atoms with E-state index >= 15 is 0 Å². The quantitative estimate of drug-likeness (QED) is 0.470. The number of rotatable bonds is 9. The normalized spacial score (nSPS) is 19.8. The number of aromatic nitrogens is 1. The van der Waals surface area contributed by atoms with E-state index in [1.807, 2.05) is 37.4 Å². The zero-order chi connectivity index (χ0) is 24.0. The van der Waals surface area contributed by atoms with Crippen LogP contribution >= 0.6 is 0 Å². The number of aryl methyl sites for hydroxylation is 1. The van der Waals surface area contributed by atoms with E-state index in [1.54, 1.807) is 12.1 Å². The molecule has 184 valence electrons. The lowest BCUT2D eigenvalue weighted by atomic mass is 10.1. The SMILES string of the molecule is Cc1c(NC(=O)c2ccc(OCC3CCCO3)cc2)ccc2cc(CNCC3CCCO3)cnc12. The van der Waals surface area contributed by atoms with Gasteiger partial charge in [0.25, 0.3) is 5.91 Å². The van der Waals surface area contributed by atoms with Crippen molar-refractivity contribution in [1.29, 1.82) is 0 Å². The van der Waals surface area contributed by atoms with E-state index in [-0.39, 0.29) is 12.0 Å². The number of carbonyl (C=O) groups is 1. The first kappa shape index (κ1) is 23.7. The number of nitrogens with zero attached hydrogens (tertiary/aromatic N) is 1. The maximum atomic E-state index is 12.9. The lowest BCUT2D eigenvalue weighted by Crippen LogP contribution is -2.25. The van der Waals surface area contributed by atoms with Crippen LogP contribution in [0.2, 0.25) is 0 Å². The molecule has 2 unspecified atom stereocenters. The third kappa shape index (κ3) is 5.99. The second kappa shape index (κ2) is 11.2. The first-order chi connectivity index (χ1) is 17.2. The van der Waals surface area contributed by atoms with Gasteiger partial charge in [-0.3, -0.25) is 9.78 Å². The third-order valence-corrected chi connectivity index (χ3v) is 6.71. The molecule has 2 N–H and O–H groups in total. The molecule has 2 aliphatic rings. The Labute approximate surface area is 206 Å². The lowest BCUT2D eigenvalue weighted by molar-refractivity contribution is 0.0679. The molecule has 7 heteroatoms. The van der Waals surface area contributed by atoms with Gasteiger partial charge < -0.3 is 24.8 Å². The van der Waals surface area contributed by atoms with Gasteiger partial charge in [0.2, 0.25) is 0 Å². The maximum Gasteiger partial charge on any atom is 0.255 e. The topological polar surface area (TPSA) is 81.7 Å². The fraction of sp³-hybridized carbons (Fsp3) is 0.429. The summed E-state index contributed by atoms with van der Waals surface area (Å²) in [4.78, 5) is 17.5. The molecule has 3 heterocycles. The highest BCUT2D eigenvalue weighted by atomic mass is 16.5. The van der Waals surface area contributed by atoms with Crippen molar-refractivity contribution in [1.82, 2.24) is 10.3 Å². The zero-order valence-corrected chi connectivity index (χ0v) is 20.2. The smallest absolute Gasteiger partial charge is 0.255 e. The molecule has 7 nitrogen and oxygen atoms in total. The van der Waals surface area contributed by atoms with E-state index in [4.69, 9.17) is 14.2 Å². The van der Waals surface area contributed by atoms with Gasteiger partial charge in [-0.15, -0.1) is 0 Å². The van der Waals surface area contributed by atoms with Crippen molar-refractivity contribution in [2.45, 2.75) is 51.4 Å². The Hall–Kier alpha value is -3.00. The van der Waals surface area contributed by atoms with Gasteiger partial charge >= 0.3 is 0 Å². The summed E-state index contributed by atoms with van der Waals surface area (Å²) in [7, 11) is 0. The molecule has 2 aromatic carbocycles. The third-order valence-electron chi connectivity index (χ3n) is 6.71. The largest absolute Gasteiger partial charge is 0.491 e. The number of carbonyl (C=O) groups excluding carboxylic acids is 1. The molecule has 2 saturated heterocycles. The van der Waals surface area contributed by atoms with Crippen LogP contribution in [0.4, 0.5) is 5.69 Å². The lowest BCUT2D eigenvalue weighted by Gasteiger charge is -2.13. The van der Waals surface area contributed by atoms with Crippen LogP contribution in [0, 0.1) is 6.92 Å². The Morgan fingerprint density at radius 3 is 2.57 bits per heavy atom. The van der Waals surface area contributed by atoms with Crippen molar-refractivity contribution in [3.05, 3.63) is 65.4 Å². The molecule has 2 fully saturated rings. The average molecular weight is 476 g/mol. The number of ether oxygens (including phenoxy) is 3. The van der Waals surface area contributed by atoms with Gasteiger partial charge in [0, 0.05) is 49.1 Å². The highest BCUT2D eigenvalue weighted by molar-refractivity contribution is 6.06. The molecule has 0 aliphatic carbocycles. The molecule has 1 amide bonds. The van der Waals surface area contributed by atoms with E-state index in [9.17, 15) is 4.79 Å². The summed E-state index contributed by atoms with van der Waals surface area (Å²) in [5, 5.41) is 7.56. The second-order valence-electron chi connectivity index (χ2n) is 9.34. The number of amides is 1. The molecule has 0 radical (unpaired) electrons. The summed E-state index contributed by atoms with van der Waals surface area (Å²) >= 11 is 0. The molecule has 3 aromatic rings. The average Bonchev–Trinajstić information content (AvgIpc) is 3.59. The molecule has 0 bridgehead atoms. The monoisotopic (exact) mass is 475 g/mol. The number of pyridine rings is 1. The van der Waals surface area contributed by atoms with Crippen LogP contribution in [-0.2, 0) is 16.0 Å². The Bertz CT molecular complexity index is 1150. The number of anilines is 1.